The molecule has 10 nitrogen and oxygen atoms in total. The molecule has 30 heavy (non-hydrogen) atoms. The number of ether oxygens (including phenoxy) is 1. The molecule has 0 bridgehead atoms. The summed E-state index contributed by atoms with van der Waals surface area (Å²) in [4.78, 5) is 31.6. The zero-order valence-corrected chi connectivity index (χ0v) is 16.6. The number of amides is 1. The monoisotopic (exact) mass is 409 g/mol. The maximum atomic E-state index is 12.9. The van der Waals surface area contributed by atoms with Crippen molar-refractivity contribution in [3.63, 3.8) is 0 Å². The summed E-state index contributed by atoms with van der Waals surface area (Å²) >= 11 is 0. The molecule has 0 aliphatic carbocycles. The van der Waals surface area contributed by atoms with Crippen molar-refractivity contribution in [2.75, 3.05) is 13.1 Å². The Morgan fingerprint density at radius 1 is 1.20 bits per heavy atom. The van der Waals surface area contributed by atoms with E-state index in [-0.39, 0.29) is 18.2 Å². The summed E-state index contributed by atoms with van der Waals surface area (Å²) in [7, 11) is 0. The van der Waals surface area contributed by atoms with Crippen molar-refractivity contribution in [2.45, 2.75) is 44.7 Å². The number of rotatable bonds is 5. The van der Waals surface area contributed by atoms with Crippen LogP contribution in [0.25, 0.3) is 0 Å². The van der Waals surface area contributed by atoms with Crippen molar-refractivity contribution in [1.82, 2.24) is 34.0 Å². The summed E-state index contributed by atoms with van der Waals surface area (Å²) in [5.41, 5.74) is 0.0825. The van der Waals surface area contributed by atoms with Crippen LogP contribution in [0.15, 0.2) is 47.7 Å². The predicted molar refractivity (Wildman–Crippen MR) is 105 cm³/mol. The lowest BCUT2D eigenvalue weighted by Crippen LogP contribution is -2.47. The van der Waals surface area contributed by atoms with Crippen LogP contribution >= 0.6 is 0 Å². The molecule has 10 heteroatoms. The Morgan fingerprint density at radius 3 is 2.93 bits per heavy atom. The maximum Gasteiger partial charge on any atom is 0.346 e. The van der Waals surface area contributed by atoms with Crippen LogP contribution in [-0.4, -0.2) is 58.6 Å². The number of hydrogen-bond acceptors (Lipinski definition) is 6. The first-order valence-corrected chi connectivity index (χ1v) is 10.1. The van der Waals surface area contributed by atoms with Crippen molar-refractivity contribution in [2.24, 2.45) is 0 Å². The summed E-state index contributed by atoms with van der Waals surface area (Å²) in [6, 6.07) is 7.43. The Labute approximate surface area is 172 Å². The number of fused-ring (bicyclic) bond motifs is 1. The van der Waals surface area contributed by atoms with Gasteiger partial charge in [-0.3, -0.25) is 19.0 Å². The normalized spacial score (nSPS) is 20.6. The Balaban J connectivity index is 1.26. The molecule has 2 aliphatic heterocycles. The highest BCUT2D eigenvalue weighted by atomic mass is 16.5. The van der Waals surface area contributed by atoms with Crippen LogP contribution in [0, 0.1) is 0 Å². The SMILES string of the molecule is O=C(CCn1cccn1)N1CCC2(C1)Cn1c(nn(Cc3ccccn3)c1=O)CO2. The molecule has 0 radical (unpaired) electrons. The minimum Gasteiger partial charge on any atom is -0.363 e. The van der Waals surface area contributed by atoms with Gasteiger partial charge in [-0.2, -0.15) is 10.2 Å². The highest BCUT2D eigenvalue weighted by molar-refractivity contribution is 5.76. The average Bonchev–Trinajstić information content (AvgIpc) is 3.49. The first-order valence-electron chi connectivity index (χ1n) is 10.1. The fraction of sp³-hybridized carbons (Fsp3) is 0.450. The molecule has 5 rings (SSSR count). The minimum atomic E-state index is -0.531. The number of nitrogens with zero attached hydrogens (tertiary/aromatic N) is 7. The van der Waals surface area contributed by atoms with Gasteiger partial charge in [-0.25, -0.2) is 9.48 Å². The van der Waals surface area contributed by atoms with E-state index < -0.39 is 5.60 Å². The molecule has 3 aromatic heterocycles. The number of likely N-dealkylation sites (tertiary alicyclic amines) is 1. The molecular weight excluding hydrogens is 386 g/mol. The lowest BCUT2D eigenvalue weighted by atomic mass is 10.0. The van der Waals surface area contributed by atoms with Crippen molar-refractivity contribution >= 4 is 5.91 Å². The third-order valence-corrected chi connectivity index (χ3v) is 5.77. The lowest BCUT2D eigenvalue weighted by molar-refractivity contribution is -0.133. The smallest absolute Gasteiger partial charge is 0.346 e. The van der Waals surface area contributed by atoms with Crippen LogP contribution in [0.4, 0.5) is 0 Å². The zero-order valence-electron chi connectivity index (χ0n) is 16.6. The van der Waals surface area contributed by atoms with E-state index in [0.717, 1.165) is 5.69 Å². The van der Waals surface area contributed by atoms with E-state index in [1.807, 2.05) is 35.4 Å². The molecular formula is C20H23N7O3. The predicted octanol–water partition coefficient (Wildman–Crippen LogP) is 0.276. The van der Waals surface area contributed by atoms with Gasteiger partial charge in [0, 0.05) is 38.1 Å². The van der Waals surface area contributed by atoms with Crippen LogP contribution in [0.5, 0.6) is 0 Å². The van der Waals surface area contributed by atoms with Gasteiger partial charge in [0.05, 0.1) is 25.3 Å². The van der Waals surface area contributed by atoms with E-state index >= 15 is 0 Å². The Kier molecular flexibility index (Phi) is 4.70. The zero-order chi connectivity index (χ0) is 20.6. The average molecular weight is 409 g/mol. The quantitative estimate of drug-likeness (QED) is 0.600. The van der Waals surface area contributed by atoms with Crippen molar-refractivity contribution in [3.8, 4) is 0 Å². The molecule has 0 saturated carbocycles. The number of carbonyl (C=O) groups is 1. The molecule has 156 valence electrons. The second-order valence-electron chi connectivity index (χ2n) is 7.82. The van der Waals surface area contributed by atoms with E-state index in [0.29, 0.717) is 51.4 Å². The topological polar surface area (TPSA) is 100 Å². The summed E-state index contributed by atoms with van der Waals surface area (Å²) in [6.45, 7) is 2.67. The molecule has 0 aromatic carbocycles. The maximum absolute atomic E-state index is 12.9. The van der Waals surface area contributed by atoms with Crippen molar-refractivity contribution < 1.29 is 9.53 Å². The number of aryl methyl sites for hydroxylation is 1. The summed E-state index contributed by atoms with van der Waals surface area (Å²) < 4.78 is 11.0. The number of pyridine rings is 1. The molecule has 1 atom stereocenters. The highest BCUT2D eigenvalue weighted by Gasteiger charge is 2.44. The van der Waals surface area contributed by atoms with Gasteiger partial charge in [-0.1, -0.05) is 6.07 Å². The van der Waals surface area contributed by atoms with Crippen LogP contribution in [0.1, 0.15) is 24.4 Å². The summed E-state index contributed by atoms with van der Waals surface area (Å²) in [5, 5.41) is 8.56. The third-order valence-electron chi connectivity index (χ3n) is 5.77. The van der Waals surface area contributed by atoms with Gasteiger partial charge >= 0.3 is 5.69 Å². The van der Waals surface area contributed by atoms with E-state index in [1.54, 1.807) is 21.6 Å². The van der Waals surface area contributed by atoms with E-state index in [1.165, 1.54) is 4.68 Å². The van der Waals surface area contributed by atoms with Crippen LogP contribution in [0.2, 0.25) is 0 Å². The van der Waals surface area contributed by atoms with Crippen LogP contribution < -0.4 is 5.69 Å². The molecule has 5 heterocycles. The van der Waals surface area contributed by atoms with Gasteiger partial charge in [0.1, 0.15) is 12.2 Å². The van der Waals surface area contributed by atoms with E-state index in [4.69, 9.17) is 4.74 Å². The van der Waals surface area contributed by atoms with Gasteiger partial charge < -0.3 is 9.64 Å². The van der Waals surface area contributed by atoms with Crippen molar-refractivity contribution in [1.29, 1.82) is 0 Å². The second-order valence-corrected chi connectivity index (χ2v) is 7.82. The van der Waals surface area contributed by atoms with Gasteiger partial charge in [-0.05, 0) is 24.6 Å². The number of carbonyl (C=O) groups excluding carboxylic acids is 1. The Hall–Kier alpha value is -3.27. The first kappa shape index (κ1) is 18.7. The lowest BCUT2D eigenvalue weighted by Gasteiger charge is -2.33. The molecule has 1 unspecified atom stereocenters. The van der Waals surface area contributed by atoms with E-state index in [9.17, 15) is 9.59 Å². The molecule has 1 spiro atoms. The fourth-order valence-corrected chi connectivity index (χ4v) is 4.16. The summed E-state index contributed by atoms with van der Waals surface area (Å²) in [5.74, 6) is 0.694. The standard InChI is InChI=1S/C20H23N7O3/c28-18(5-10-25-9-3-8-22-25)24-11-6-20(14-24)15-26-17(13-30-20)23-27(19(26)29)12-16-4-1-2-7-21-16/h1-4,7-9H,5-6,10-15H2. The number of aromatic nitrogens is 6. The van der Waals surface area contributed by atoms with Crippen molar-refractivity contribution in [3.05, 3.63) is 64.9 Å². The molecule has 0 N–H and O–H groups in total. The fourth-order valence-electron chi connectivity index (χ4n) is 4.16. The Bertz CT molecular complexity index is 1090. The molecule has 2 aliphatic rings. The first-order chi connectivity index (χ1) is 14.6. The van der Waals surface area contributed by atoms with Gasteiger partial charge in [0.15, 0.2) is 5.82 Å². The van der Waals surface area contributed by atoms with Crippen LogP contribution in [0.3, 0.4) is 0 Å². The van der Waals surface area contributed by atoms with Crippen LogP contribution in [-0.2, 0) is 35.8 Å². The molecule has 1 fully saturated rings. The summed E-state index contributed by atoms with van der Waals surface area (Å²) in [6.07, 6.45) is 6.35. The van der Waals surface area contributed by atoms with Gasteiger partial charge in [-0.15, -0.1) is 0 Å². The third kappa shape index (κ3) is 3.54. The highest BCUT2D eigenvalue weighted by Crippen LogP contribution is 2.31. The second kappa shape index (κ2) is 7.52. The van der Waals surface area contributed by atoms with E-state index in [2.05, 4.69) is 15.2 Å². The van der Waals surface area contributed by atoms with Gasteiger partial charge in [0.2, 0.25) is 5.91 Å². The Morgan fingerprint density at radius 2 is 2.13 bits per heavy atom. The molecule has 3 aromatic rings. The minimum absolute atomic E-state index is 0.0787. The van der Waals surface area contributed by atoms with Gasteiger partial charge in [0.25, 0.3) is 0 Å². The largest absolute Gasteiger partial charge is 0.363 e. The molecule has 1 saturated heterocycles. The number of hydrogen-bond donors (Lipinski definition) is 0. The molecule has 1 amide bonds.